The summed E-state index contributed by atoms with van der Waals surface area (Å²) in [6.07, 6.45) is 0. The average molecular weight is 364 g/mol. The van der Waals surface area contributed by atoms with Crippen molar-refractivity contribution < 1.29 is 4.74 Å². The van der Waals surface area contributed by atoms with Gasteiger partial charge in [-0.3, -0.25) is 0 Å². The number of ether oxygens (including phenoxy) is 1. The summed E-state index contributed by atoms with van der Waals surface area (Å²) in [6.45, 7) is 2.11. The average Bonchev–Trinajstić information content (AvgIpc) is 3.20. The monoisotopic (exact) mass is 364 g/mol. The van der Waals surface area contributed by atoms with Crippen LogP contribution in [0.4, 0.5) is 0 Å². The highest BCUT2D eigenvalue weighted by molar-refractivity contribution is 5.99. The Labute approximate surface area is 163 Å². The Morgan fingerprint density at radius 1 is 0.786 bits per heavy atom. The van der Waals surface area contributed by atoms with Gasteiger partial charge in [-0.15, -0.1) is 0 Å². The zero-order valence-electron chi connectivity index (χ0n) is 15.9. The first-order chi connectivity index (χ1) is 13.7. The second-order valence-corrected chi connectivity index (χ2v) is 7.04. The Morgan fingerprint density at radius 3 is 2.25 bits per heavy atom. The van der Waals surface area contributed by atoms with Crippen molar-refractivity contribution in [2.75, 3.05) is 7.11 Å². The molecule has 0 spiro atoms. The Kier molecular flexibility index (Phi) is 3.87. The molecule has 5 rings (SSSR count). The number of fused-ring (bicyclic) bond motifs is 3. The Balaban J connectivity index is 1.78. The second-order valence-electron chi connectivity index (χ2n) is 7.04. The van der Waals surface area contributed by atoms with Crippen molar-refractivity contribution in [1.29, 1.82) is 0 Å². The predicted molar refractivity (Wildman–Crippen MR) is 115 cm³/mol. The molecule has 0 bridgehead atoms. The maximum atomic E-state index is 5.28. The molecule has 0 aliphatic heterocycles. The zero-order chi connectivity index (χ0) is 19.1. The van der Waals surface area contributed by atoms with Crippen LogP contribution < -0.4 is 4.74 Å². The van der Waals surface area contributed by atoms with E-state index in [-0.39, 0.29) is 0 Å². The van der Waals surface area contributed by atoms with Crippen LogP contribution in [0.3, 0.4) is 0 Å². The van der Waals surface area contributed by atoms with E-state index in [4.69, 9.17) is 9.84 Å². The molecule has 0 unspecified atom stereocenters. The van der Waals surface area contributed by atoms with Crippen LogP contribution in [0, 0.1) is 6.92 Å². The fraction of sp³-hybridized carbons (Fsp3) is 0.0800. The van der Waals surface area contributed by atoms with Gasteiger partial charge < -0.3 is 4.74 Å². The summed E-state index contributed by atoms with van der Waals surface area (Å²) in [6, 6.07) is 29.5. The molecular formula is C25H20N2O. The standard InChI is InChI=1S/C25H20N2O/c1-17-7-9-19(10-8-17)24-15-20-5-3-4-6-22(20)25-16-23(26-27(24)25)18-11-13-21(28-2)14-12-18/h3-16H,1-2H3. The van der Waals surface area contributed by atoms with E-state index in [1.165, 1.54) is 16.3 Å². The summed E-state index contributed by atoms with van der Waals surface area (Å²) in [5, 5.41) is 7.38. The molecule has 0 atom stereocenters. The van der Waals surface area contributed by atoms with E-state index in [9.17, 15) is 0 Å². The van der Waals surface area contributed by atoms with Crippen molar-refractivity contribution in [3.8, 4) is 28.3 Å². The van der Waals surface area contributed by atoms with Crippen molar-refractivity contribution in [1.82, 2.24) is 9.61 Å². The van der Waals surface area contributed by atoms with Gasteiger partial charge in [-0.2, -0.15) is 5.10 Å². The van der Waals surface area contributed by atoms with Crippen molar-refractivity contribution >= 4 is 16.3 Å². The van der Waals surface area contributed by atoms with Gasteiger partial charge in [-0.25, -0.2) is 4.52 Å². The minimum Gasteiger partial charge on any atom is -0.497 e. The lowest BCUT2D eigenvalue weighted by Gasteiger charge is -2.09. The molecule has 0 saturated carbocycles. The summed E-state index contributed by atoms with van der Waals surface area (Å²) in [5.41, 5.74) is 6.63. The van der Waals surface area contributed by atoms with Crippen LogP contribution in [0.2, 0.25) is 0 Å². The van der Waals surface area contributed by atoms with Crippen molar-refractivity contribution in [3.63, 3.8) is 0 Å². The molecule has 2 aromatic heterocycles. The normalized spacial score (nSPS) is 11.2. The fourth-order valence-corrected chi connectivity index (χ4v) is 3.65. The molecule has 0 N–H and O–H groups in total. The Morgan fingerprint density at radius 2 is 1.50 bits per heavy atom. The van der Waals surface area contributed by atoms with Gasteiger partial charge in [-0.1, -0.05) is 54.1 Å². The van der Waals surface area contributed by atoms with Crippen molar-refractivity contribution in [2.45, 2.75) is 6.92 Å². The van der Waals surface area contributed by atoms with Crippen LogP contribution in [0.15, 0.2) is 84.9 Å². The molecule has 5 aromatic rings. The molecule has 0 aliphatic rings. The topological polar surface area (TPSA) is 26.5 Å². The smallest absolute Gasteiger partial charge is 0.118 e. The third-order valence-electron chi connectivity index (χ3n) is 5.20. The quantitative estimate of drug-likeness (QED) is 0.384. The first-order valence-electron chi connectivity index (χ1n) is 9.36. The molecule has 3 heteroatoms. The van der Waals surface area contributed by atoms with Crippen molar-refractivity contribution in [3.05, 3.63) is 90.5 Å². The third kappa shape index (κ3) is 2.72. The molecule has 3 aromatic carbocycles. The number of hydrogen-bond donors (Lipinski definition) is 0. The lowest BCUT2D eigenvalue weighted by atomic mass is 10.0. The summed E-state index contributed by atoms with van der Waals surface area (Å²) in [5.74, 6) is 0.846. The predicted octanol–water partition coefficient (Wildman–Crippen LogP) is 6.14. The van der Waals surface area contributed by atoms with E-state index in [1.807, 2.05) is 24.3 Å². The highest BCUT2D eigenvalue weighted by Gasteiger charge is 2.13. The minimum absolute atomic E-state index is 0.846. The summed E-state index contributed by atoms with van der Waals surface area (Å²) < 4.78 is 7.34. The molecule has 3 nitrogen and oxygen atoms in total. The Hall–Kier alpha value is -3.59. The highest BCUT2D eigenvalue weighted by atomic mass is 16.5. The summed E-state index contributed by atoms with van der Waals surface area (Å²) >= 11 is 0. The fourth-order valence-electron chi connectivity index (χ4n) is 3.65. The van der Waals surface area contributed by atoms with Crippen LogP contribution in [0.5, 0.6) is 5.75 Å². The minimum atomic E-state index is 0.846. The molecule has 28 heavy (non-hydrogen) atoms. The third-order valence-corrected chi connectivity index (χ3v) is 5.20. The van der Waals surface area contributed by atoms with E-state index in [1.54, 1.807) is 7.11 Å². The molecule has 0 saturated heterocycles. The van der Waals surface area contributed by atoms with Gasteiger partial charge in [0.15, 0.2) is 0 Å². The van der Waals surface area contributed by atoms with Gasteiger partial charge in [-0.05, 0) is 48.7 Å². The first-order valence-corrected chi connectivity index (χ1v) is 9.36. The number of aryl methyl sites for hydroxylation is 1. The number of benzene rings is 3. The van der Waals surface area contributed by atoms with Crippen LogP contribution in [0.25, 0.3) is 38.8 Å². The van der Waals surface area contributed by atoms with E-state index < -0.39 is 0 Å². The van der Waals surface area contributed by atoms with Crippen LogP contribution in [0.1, 0.15) is 5.56 Å². The van der Waals surface area contributed by atoms with Crippen LogP contribution in [-0.4, -0.2) is 16.7 Å². The van der Waals surface area contributed by atoms with E-state index in [2.05, 4.69) is 72.1 Å². The van der Waals surface area contributed by atoms with Gasteiger partial charge >= 0.3 is 0 Å². The van der Waals surface area contributed by atoms with E-state index in [0.717, 1.165) is 33.8 Å². The lowest BCUT2D eigenvalue weighted by Crippen LogP contribution is -1.95. The largest absolute Gasteiger partial charge is 0.497 e. The van der Waals surface area contributed by atoms with Gasteiger partial charge in [0.25, 0.3) is 0 Å². The molecule has 136 valence electrons. The van der Waals surface area contributed by atoms with Gasteiger partial charge in [0.2, 0.25) is 0 Å². The van der Waals surface area contributed by atoms with Crippen LogP contribution >= 0.6 is 0 Å². The molecule has 0 aliphatic carbocycles. The number of aromatic nitrogens is 2. The molecular weight excluding hydrogens is 344 g/mol. The first kappa shape index (κ1) is 16.6. The molecule has 2 heterocycles. The number of methoxy groups -OCH3 is 1. The SMILES string of the molecule is COc1ccc(-c2cc3c4ccccc4cc(-c4ccc(C)cc4)n3n2)cc1. The number of rotatable bonds is 3. The maximum absolute atomic E-state index is 5.28. The molecule has 0 radical (unpaired) electrons. The Bertz CT molecular complexity index is 1280. The van der Waals surface area contributed by atoms with E-state index >= 15 is 0 Å². The van der Waals surface area contributed by atoms with Gasteiger partial charge in [0, 0.05) is 16.5 Å². The van der Waals surface area contributed by atoms with E-state index in [0.29, 0.717) is 0 Å². The number of nitrogens with zero attached hydrogens (tertiary/aromatic N) is 2. The summed E-state index contributed by atoms with van der Waals surface area (Å²) in [7, 11) is 1.68. The van der Waals surface area contributed by atoms with Gasteiger partial charge in [0.1, 0.15) is 5.75 Å². The highest BCUT2D eigenvalue weighted by Crippen LogP contribution is 2.31. The molecule has 0 fully saturated rings. The zero-order valence-corrected chi connectivity index (χ0v) is 15.9. The van der Waals surface area contributed by atoms with Gasteiger partial charge in [0.05, 0.1) is 24.0 Å². The van der Waals surface area contributed by atoms with Crippen LogP contribution in [-0.2, 0) is 0 Å². The number of hydrogen-bond acceptors (Lipinski definition) is 2. The summed E-state index contributed by atoms with van der Waals surface area (Å²) in [4.78, 5) is 0. The molecule has 0 amide bonds. The maximum Gasteiger partial charge on any atom is 0.118 e. The van der Waals surface area contributed by atoms with Crippen molar-refractivity contribution in [2.24, 2.45) is 0 Å². The number of pyridine rings is 1. The lowest BCUT2D eigenvalue weighted by molar-refractivity contribution is 0.415. The second kappa shape index (κ2) is 6.54.